The molecule has 0 amide bonds. The summed E-state index contributed by atoms with van der Waals surface area (Å²) in [6.07, 6.45) is 0.680. The summed E-state index contributed by atoms with van der Waals surface area (Å²) in [7, 11) is -1.96. The second-order valence-electron chi connectivity index (χ2n) is 9.34. The van der Waals surface area contributed by atoms with E-state index in [9.17, 15) is 13.2 Å². The number of halogens is 1. The lowest BCUT2D eigenvalue weighted by Gasteiger charge is -2.34. The van der Waals surface area contributed by atoms with E-state index in [4.69, 9.17) is 21.1 Å². The van der Waals surface area contributed by atoms with E-state index in [1.165, 1.54) is 7.11 Å². The molecule has 1 aliphatic rings. The standard InChI is InChI=1S/C29H33ClN2O5S/c1-36-29(33)20-25-9-12-28(37-22-24-7-10-27(30)11-8-24)26(19-25)21-31-14-16-32(17-15-31)38(34,35)18-13-23-5-3-2-4-6-23/h2-12,19H,13-18,20-22H2,1H3. The SMILES string of the molecule is COC(=O)Cc1ccc(OCc2ccc(Cl)cc2)c(CN2CCN(S(=O)(=O)CCc3ccccc3)CC2)c1. The van der Waals surface area contributed by atoms with Crippen molar-refractivity contribution in [1.82, 2.24) is 9.21 Å². The number of hydrogen-bond acceptors (Lipinski definition) is 6. The van der Waals surface area contributed by atoms with Crippen LogP contribution in [-0.2, 0) is 45.5 Å². The number of carbonyl (C=O) groups excluding carboxylic acids is 1. The van der Waals surface area contributed by atoms with Gasteiger partial charge in [-0.15, -0.1) is 0 Å². The van der Waals surface area contributed by atoms with Crippen LogP contribution in [0.2, 0.25) is 5.02 Å². The van der Waals surface area contributed by atoms with Crippen molar-refractivity contribution in [3.8, 4) is 5.75 Å². The van der Waals surface area contributed by atoms with Crippen LogP contribution >= 0.6 is 11.6 Å². The molecule has 38 heavy (non-hydrogen) atoms. The number of carbonyl (C=O) groups is 1. The van der Waals surface area contributed by atoms with Crippen molar-refractivity contribution < 1.29 is 22.7 Å². The predicted molar refractivity (Wildman–Crippen MR) is 149 cm³/mol. The van der Waals surface area contributed by atoms with Crippen molar-refractivity contribution in [3.05, 3.63) is 100 Å². The molecule has 0 spiro atoms. The lowest BCUT2D eigenvalue weighted by Crippen LogP contribution is -2.49. The minimum absolute atomic E-state index is 0.106. The highest BCUT2D eigenvalue weighted by Gasteiger charge is 2.27. The second-order valence-corrected chi connectivity index (χ2v) is 11.9. The molecule has 1 fully saturated rings. The molecule has 1 heterocycles. The normalized spacial score (nSPS) is 14.8. The van der Waals surface area contributed by atoms with Gasteiger partial charge in [0.15, 0.2) is 0 Å². The van der Waals surface area contributed by atoms with Gasteiger partial charge in [-0.05, 0) is 41.3 Å². The maximum atomic E-state index is 12.9. The summed E-state index contributed by atoms with van der Waals surface area (Å²) >= 11 is 5.99. The number of aryl methyl sites for hydroxylation is 1. The first-order valence-electron chi connectivity index (χ1n) is 12.6. The Morgan fingerprint density at radius 3 is 2.26 bits per heavy atom. The Hall–Kier alpha value is -2.91. The molecule has 3 aromatic rings. The van der Waals surface area contributed by atoms with E-state index in [1.54, 1.807) is 4.31 Å². The van der Waals surface area contributed by atoms with Crippen molar-refractivity contribution in [1.29, 1.82) is 0 Å². The van der Waals surface area contributed by atoms with Gasteiger partial charge in [0.25, 0.3) is 0 Å². The van der Waals surface area contributed by atoms with Crippen LogP contribution in [0.4, 0.5) is 0 Å². The Morgan fingerprint density at radius 1 is 0.895 bits per heavy atom. The smallest absolute Gasteiger partial charge is 0.309 e. The number of sulfonamides is 1. The molecule has 0 atom stereocenters. The van der Waals surface area contributed by atoms with Crippen molar-refractivity contribution in [2.24, 2.45) is 0 Å². The lowest BCUT2D eigenvalue weighted by atomic mass is 10.1. The van der Waals surface area contributed by atoms with E-state index in [1.807, 2.05) is 72.8 Å². The minimum Gasteiger partial charge on any atom is -0.489 e. The van der Waals surface area contributed by atoms with Crippen molar-refractivity contribution in [2.75, 3.05) is 39.0 Å². The van der Waals surface area contributed by atoms with Crippen LogP contribution in [0.5, 0.6) is 5.75 Å². The first kappa shape index (κ1) is 28.1. The maximum Gasteiger partial charge on any atom is 0.309 e. The average Bonchev–Trinajstić information content (AvgIpc) is 2.93. The second kappa shape index (κ2) is 13.2. The summed E-state index contributed by atoms with van der Waals surface area (Å²) in [5.41, 5.74) is 3.80. The number of nitrogens with zero attached hydrogens (tertiary/aromatic N) is 2. The monoisotopic (exact) mass is 556 g/mol. The molecular weight excluding hydrogens is 524 g/mol. The van der Waals surface area contributed by atoms with Gasteiger partial charge < -0.3 is 9.47 Å². The highest BCUT2D eigenvalue weighted by atomic mass is 35.5. The number of esters is 1. The Kier molecular flexibility index (Phi) is 9.80. The molecule has 0 bridgehead atoms. The van der Waals surface area contributed by atoms with Gasteiger partial charge in [-0.2, -0.15) is 4.31 Å². The van der Waals surface area contributed by atoms with Crippen molar-refractivity contribution >= 4 is 27.6 Å². The average molecular weight is 557 g/mol. The van der Waals surface area contributed by atoms with E-state index in [2.05, 4.69) is 4.90 Å². The van der Waals surface area contributed by atoms with Crippen molar-refractivity contribution in [3.63, 3.8) is 0 Å². The summed E-state index contributed by atoms with van der Waals surface area (Å²) in [6, 6.07) is 22.9. The molecule has 0 radical (unpaired) electrons. The first-order valence-corrected chi connectivity index (χ1v) is 14.6. The molecule has 0 saturated carbocycles. The van der Waals surface area contributed by atoms with Crippen LogP contribution in [-0.4, -0.2) is 62.6 Å². The Labute approximate surface area is 230 Å². The summed E-state index contributed by atoms with van der Waals surface area (Å²) in [5, 5.41) is 0.669. The van der Waals surface area contributed by atoms with Gasteiger partial charge >= 0.3 is 5.97 Å². The number of piperazine rings is 1. The molecule has 1 saturated heterocycles. The molecule has 1 aliphatic heterocycles. The molecule has 7 nitrogen and oxygen atoms in total. The quantitative estimate of drug-likeness (QED) is 0.327. The molecule has 0 unspecified atom stereocenters. The molecule has 202 valence electrons. The zero-order valence-electron chi connectivity index (χ0n) is 21.5. The number of hydrogen-bond donors (Lipinski definition) is 0. The Balaban J connectivity index is 1.39. The zero-order valence-corrected chi connectivity index (χ0v) is 23.1. The fraction of sp³-hybridized carbons (Fsp3) is 0.345. The fourth-order valence-corrected chi connectivity index (χ4v) is 6.01. The van der Waals surface area contributed by atoms with Crippen LogP contribution in [0, 0.1) is 0 Å². The Bertz CT molecular complexity index is 1310. The first-order chi connectivity index (χ1) is 18.3. The lowest BCUT2D eigenvalue weighted by molar-refractivity contribution is -0.139. The summed E-state index contributed by atoms with van der Waals surface area (Å²) in [5.74, 6) is 0.529. The highest BCUT2D eigenvalue weighted by Crippen LogP contribution is 2.25. The van der Waals surface area contributed by atoms with E-state index in [0.717, 1.165) is 28.0 Å². The number of ether oxygens (including phenoxy) is 2. The van der Waals surface area contributed by atoms with Gasteiger partial charge in [-0.1, -0.05) is 66.2 Å². The van der Waals surface area contributed by atoms with E-state index >= 15 is 0 Å². The van der Waals surface area contributed by atoms with Gasteiger partial charge in [-0.3, -0.25) is 9.69 Å². The summed E-state index contributed by atoms with van der Waals surface area (Å²) in [6.45, 7) is 3.08. The van der Waals surface area contributed by atoms with E-state index in [-0.39, 0.29) is 18.1 Å². The van der Waals surface area contributed by atoms with Crippen LogP contribution in [0.3, 0.4) is 0 Å². The number of rotatable bonds is 11. The number of methoxy groups -OCH3 is 1. The third-order valence-corrected chi connectivity index (χ3v) is 8.74. The third kappa shape index (κ3) is 8.04. The molecule has 9 heteroatoms. The molecule has 0 N–H and O–H groups in total. The molecular formula is C29H33ClN2O5S. The minimum atomic E-state index is -3.33. The van der Waals surface area contributed by atoms with Gasteiger partial charge in [-0.25, -0.2) is 8.42 Å². The third-order valence-electron chi connectivity index (χ3n) is 6.62. The van der Waals surface area contributed by atoms with Gasteiger partial charge in [0, 0.05) is 43.3 Å². The molecule has 4 rings (SSSR count). The Morgan fingerprint density at radius 2 is 1.58 bits per heavy atom. The van der Waals surface area contributed by atoms with Gasteiger partial charge in [0.1, 0.15) is 12.4 Å². The summed E-state index contributed by atoms with van der Waals surface area (Å²) < 4.78 is 38.4. The molecule has 3 aromatic carbocycles. The van der Waals surface area contributed by atoms with Crippen LogP contribution < -0.4 is 4.74 Å². The van der Waals surface area contributed by atoms with Crippen LogP contribution in [0.25, 0.3) is 0 Å². The van der Waals surface area contributed by atoms with Gasteiger partial charge in [0.05, 0.1) is 19.3 Å². The highest BCUT2D eigenvalue weighted by molar-refractivity contribution is 7.89. The fourth-order valence-electron chi connectivity index (χ4n) is 4.41. The number of benzene rings is 3. The molecule has 0 aliphatic carbocycles. The maximum absolute atomic E-state index is 12.9. The zero-order chi connectivity index (χ0) is 27.0. The topological polar surface area (TPSA) is 76.2 Å². The predicted octanol–water partition coefficient (Wildman–Crippen LogP) is 4.32. The summed E-state index contributed by atoms with van der Waals surface area (Å²) in [4.78, 5) is 14.1. The van der Waals surface area contributed by atoms with Crippen LogP contribution in [0.1, 0.15) is 22.3 Å². The molecule has 0 aromatic heterocycles. The van der Waals surface area contributed by atoms with Crippen molar-refractivity contribution in [2.45, 2.75) is 26.0 Å². The van der Waals surface area contributed by atoms with E-state index in [0.29, 0.717) is 50.8 Å². The largest absolute Gasteiger partial charge is 0.489 e. The van der Waals surface area contributed by atoms with Crippen LogP contribution in [0.15, 0.2) is 72.8 Å². The van der Waals surface area contributed by atoms with E-state index < -0.39 is 10.0 Å². The van der Waals surface area contributed by atoms with Gasteiger partial charge in [0.2, 0.25) is 10.0 Å².